The molecule has 0 aromatic rings. The van der Waals surface area contributed by atoms with Crippen LogP contribution < -0.4 is 0 Å². The van der Waals surface area contributed by atoms with Crippen LogP contribution >= 0.6 is 19.9 Å². The summed E-state index contributed by atoms with van der Waals surface area (Å²) in [6.07, 6.45) is 3.81. The van der Waals surface area contributed by atoms with E-state index in [0.717, 1.165) is 0 Å². The van der Waals surface area contributed by atoms with Crippen LogP contribution in [0.5, 0.6) is 0 Å². The van der Waals surface area contributed by atoms with Gasteiger partial charge >= 0.3 is 8.25 Å². The maximum absolute atomic E-state index is 10.0. The topological polar surface area (TPSA) is 46.5 Å². The molecule has 0 aromatic heterocycles. The first-order chi connectivity index (χ1) is 4.12. The number of alkyl halides is 1. The van der Waals surface area contributed by atoms with Crippen molar-refractivity contribution in [2.24, 2.45) is 0 Å². The predicted octanol–water partition coefficient (Wildman–Crippen LogP) is 1.55. The van der Waals surface area contributed by atoms with Crippen molar-refractivity contribution >= 4 is 19.9 Å². The zero-order chi connectivity index (χ0) is 6.91. The molecule has 2 unspecified atom stereocenters. The first kappa shape index (κ1) is 7.16. The molecule has 5 heteroatoms. The number of halogens is 1. The summed E-state index contributed by atoms with van der Waals surface area (Å²) >= 11 is 5.55. The van der Waals surface area contributed by atoms with Crippen LogP contribution in [0.3, 0.4) is 0 Å². The first-order valence-corrected chi connectivity index (χ1v) is 3.85. The maximum Gasteiger partial charge on any atom is 0.696 e. The fraction of sp³-hybridized carbons (Fsp3) is 0.500. The molecule has 9 heavy (non-hydrogen) atoms. The van der Waals surface area contributed by atoms with Crippen molar-refractivity contribution < 1.29 is 14.0 Å². The molecule has 3 nitrogen and oxygen atoms in total. The van der Waals surface area contributed by atoms with E-state index in [-0.39, 0.29) is 0 Å². The van der Waals surface area contributed by atoms with Crippen LogP contribution in [0.4, 0.5) is 0 Å². The second-order valence-electron chi connectivity index (χ2n) is 1.72. The molecule has 1 aliphatic carbocycles. The van der Waals surface area contributed by atoms with Crippen LogP contribution in [0.25, 0.3) is 0 Å². The molecule has 0 heterocycles. The Morgan fingerprint density at radius 1 is 1.89 bits per heavy atom. The molecule has 1 N–H and O–H groups in total. The Morgan fingerprint density at radius 2 is 2.44 bits per heavy atom. The molecule has 0 aliphatic heterocycles. The highest BCUT2D eigenvalue weighted by molar-refractivity contribution is 7.32. The summed E-state index contributed by atoms with van der Waals surface area (Å²) in [7, 11) is -2.58. The molecule has 0 fully saturated rings. The second kappa shape index (κ2) is 2.35. The molecule has 0 bridgehead atoms. The lowest BCUT2D eigenvalue weighted by Gasteiger charge is -2.19. The highest BCUT2D eigenvalue weighted by atomic mass is 35.5. The van der Waals surface area contributed by atoms with Crippen LogP contribution in [0.2, 0.25) is 0 Å². The SMILES string of the molecule is O=[P+](O)OC1(Cl)C=CC1. The smallest absolute Gasteiger partial charge is 0.133 e. The Bertz CT molecular complexity index is 169. The van der Waals surface area contributed by atoms with Gasteiger partial charge in [-0.25, -0.2) is 0 Å². The van der Waals surface area contributed by atoms with E-state index in [4.69, 9.17) is 16.5 Å². The third-order valence-electron chi connectivity index (χ3n) is 0.993. The summed E-state index contributed by atoms with van der Waals surface area (Å²) in [5.41, 5.74) is 0. The third kappa shape index (κ3) is 1.73. The summed E-state index contributed by atoms with van der Waals surface area (Å²) in [4.78, 5) is 8.22. The van der Waals surface area contributed by atoms with Crippen molar-refractivity contribution in [2.45, 2.75) is 11.5 Å². The number of hydrogen-bond acceptors (Lipinski definition) is 2. The summed E-state index contributed by atoms with van der Waals surface area (Å²) in [5.74, 6) is 0. The van der Waals surface area contributed by atoms with Gasteiger partial charge in [0, 0.05) is 11.0 Å². The van der Waals surface area contributed by atoms with Gasteiger partial charge in [-0.3, -0.25) is 0 Å². The van der Waals surface area contributed by atoms with E-state index in [1.165, 1.54) is 6.08 Å². The Kier molecular flexibility index (Phi) is 1.87. The van der Waals surface area contributed by atoms with Gasteiger partial charge in [0.2, 0.25) is 5.06 Å². The van der Waals surface area contributed by atoms with E-state index in [9.17, 15) is 4.57 Å². The zero-order valence-electron chi connectivity index (χ0n) is 4.45. The summed E-state index contributed by atoms with van der Waals surface area (Å²) in [5, 5.41) is -0.998. The van der Waals surface area contributed by atoms with Crippen molar-refractivity contribution in [2.75, 3.05) is 0 Å². The van der Waals surface area contributed by atoms with E-state index in [0.29, 0.717) is 6.42 Å². The lowest BCUT2D eigenvalue weighted by atomic mass is 10.1. The summed E-state index contributed by atoms with van der Waals surface area (Å²) in [6.45, 7) is 0. The van der Waals surface area contributed by atoms with Crippen molar-refractivity contribution in [3.63, 3.8) is 0 Å². The van der Waals surface area contributed by atoms with E-state index < -0.39 is 13.3 Å². The molecule has 0 saturated heterocycles. The molecule has 1 aliphatic rings. The van der Waals surface area contributed by atoms with Crippen LogP contribution in [0, 0.1) is 0 Å². The van der Waals surface area contributed by atoms with Gasteiger partial charge < -0.3 is 0 Å². The Labute approximate surface area is 58.2 Å². The van der Waals surface area contributed by atoms with Gasteiger partial charge in [0.05, 0.1) is 0 Å². The Balaban J connectivity index is 2.44. The van der Waals surface area contributed by atoms with Gasteiger partial charge in [-0.1, -0.05) is 22.2 Å². The molecule has 0 amide bonds. The molecule has 0 radical (unpaired) electrons. The van der Waals surface area contributed by atoms with E-state index >= 15 is 0 Å². The van der Waals surface area contributed by atoms with Gasteiger partial charge in [0.25, 0.3) is 0 Å². The average Bonchev–Trinajstić information content (AvgIpc) is 1.60. The van der Waals surface area contributed by atoms with Gasteiger partial charge in [-0.15, -0.1) is 4.89 Å². The predicted molar refractivity (Wildman–Crippen MR) is 33.3 cm³/mol. The van der Waals surface area contributed by atoms with Crippen LogP contribution in [-0.2, 0) is 9.09 Å². The monoisotopic (exact) mass is 167 g/mol. The first-order valence-electron chi connectivity index (χ1n) is 2.34. The van der Waals surface area contributed by atoms with E-state index in [2.05, 4.69) is 4.52 Å². The van der Waals surface area contributed by atoms with Gasteiger partial charge in [0.15, 0.2) is 0 Å². The minimum atomic E-state index is -2.58. The lowest BCUT2D eigenvalue weighted by Crippen LogP contribution is -2.24. The number of hydrogen-bond donors (Lipinski definition) is 1. The standard InChI is InChI=1S/C4H4ClO3P/c5-4(2-1-3-4)8-9(6)7/h1-2H,3H2/p+1. The van der Waals surface area contributed by atoms with Crippen LogP contribution in [0.1, 0.15) is 6.42 Å². The zero-order valence-corrected chi connectivity index (χ0v) is 6.10. The van der Waals surface area contributed by atoms with Gasteiger partial charge in [-0.2, -0.15) is 0 Å². The highest BCUT2D eigenvalue weighted by Crippen LogP contribution is 2.38. The number of rotatable bonds is 2. The minimum Gasteiger partial charge on any atom is -0.133 e. The van der Waals surface area contributed by atoms with Crippen molar-refractivity contribution in [1.29, 1.82) is 0 Å². The largest absolute Gasteiger partial charge is 0.696 e. The Morgan fingerprint density at radius 3 is 2.56 bits per heavy atom. The fourth-order valence-corrected chi connectivity index (χ4v) is 1.25. The third-order valence-corrected chi connectivity index (χ3v) is 1.94. The van der Waals surface area contributed by atoms with Crippen molar-refractivity contribution in [3.05, 3.63) is 12.2 Å². The second-order valence-corrected chi connectivity index (χ2v) is 3.02. The molecule has 2 atom stereocenters. The summed E-state index contributed by atoms with van der Waals surface area (Å²) in [6, 6.07) is 0. The molecule has 0 saturated carbocycles. The molecular formula is C4H5ClO3P+. The molecule has 0 aromatic carbocycles. The minimum absolute atomic E-state index is 0.496. The van der Waals surface area contributed by atoms with E-state index in [1.54, 1.807) is 6.08 Å². The maximum atomic E-state index is 10.0. The normalized spacial score (nSPS) is 33.8. The molecular weight excluding hydrogens is 162 g/mol. The molecule has 0 spiro atoms. The van der Waals surface area contributed by atoms with Gasteiger partial charge in [-0.05, 0) is 6.08 Å². The highest BCUT2D eigenvalue weighted by Gasteiger charge is 2.39. The quantitative estimate of drug-likeness (QED) is 0.386. The molecule has 50 valence electrons. The van der Waals surface area contributed by atoms with Crippen LogP contribution in [0.15, 0.2) is 12.2 Å². The van der Waals surface area contributed by atoms with Gasteiger partial charge in [0.1, 0.15) is 0 Å². The van der Waals surface area contributed by atoms with Crippen LogP contribution in [-0.4, -0.2) is 9.95 Å². The molecule has 1 rings (SSSR count). The Hall–Kier alpha value is 0.0500. The van der Waals surface area contributed by atoms with Crippen molar-refractivity contribution in [3.8, 4) is 0 Å². The van der Waals surface area contributed by atoms with E-state index in [1.807, 2.05) is 0 Å². The summed E-state index contributed by atoms with van der Waals surface area (Å²) < 4.78 is 14.4. The lowest BCUT2D eigenvalue weighted by molar-refractivity contribution is 0.180. The van der Waals surface area contributed by atoms with Crippen molar-refractivity contribution in [1.82, 2.24) is 0 Å². The average molecular weight is 168 g/mol. The fourth-order valence-electron chi connectivity index (χ4n) is 0.501.